The Morgan fingerprint density at radius 2 is 2.32 bits per heavy atom. The van der Waals surface area contributed by atoms with Crippen LogP contribution in [0.15, 0.2) is 42.7 Å². The zero-order chi connectivity index (χ0) is 19.8. The number of rotatable bonds is 9. The van der Waals surface area contributed by atoms with Gasteiger partial charge in [0.25, 0.3) is 0 Å². The minimum atomic E-state index is -0.577. The minimum Gasteiger partial charge on any atom is -0.489 e. The van der Waals surface area contributed by atoms with E-state index in [1.165, 1.54) is 5.56 Å². The van der Waals surface area contributed by atoms with Gasteiger partial charge in [-0.05, 0) is 49.4 Å². The molecule has 0 spiro atoms. The van der Waals surface area contributed by atoms with Crippen LogP contribution in [-0.2, 0) is 22.4 Å². The Bertz CT molecular complexity index is 766. The highest BCUT2D eigenvalue weighted by atomic mass is 16.5. The van der Waals surface area contributed by atoms with E-state index in [0.717, 1.165) is 29.7 Å². The topological polar surface area (TPSA) is 80.7 Å². The molecule has 2 unspecified atom stereocenters. The van der Waals surface area contributed by atoms with Gasteiger partial charge in [0.1, 0.15) is 11.9 Å². The number of nitrogens with zero attached hydrogens (tertiary/aromatic N) is 1. The molecule has 2 aromatic rings. The lowest BCUT2D eigenvalue weighted by atomic mass is 9.98. The molecule has 1 aliphatic heterocycles. The lowest BCUT2D eigenvalue weighted by molar-refractivity contribution is -0.143. The van der Waals surface area contributed by atoms with Crippen LogP contribution < -0.4 is 10.1 Å². The molecule has 1 aliphatic rings. The van der Waals surface area contributed by atoms with Crippen molar-refractivity contribution in [2.24, 2.45) is 0 Å². The van der Waals surface area contributed by atoms with Crippen molar-refractivity contribution in [3.05, 3.63) is 59.4 Å². The van der Waals surface area contributed by atoms with Crippen molar-refractivity contribution in [2.45, 2.75) is 44.8 Å². The van der Waals surface area contributed by atoms with Gasteiger partial charge in [-0.25, -0.2) is 0 Å². The van der Waals surface area contributed by atoms with Gasteiger partial charge >= 0.3 is 5.97 Å². The molecule has 0 amide bonds. The standard InChI is InChI=1S/C22H28N2O4/c1-2-27-22(26)10-6-16-5-9-21-17(12-16)7-8-19(28-21)14-24-15-20(25)18-4-3-11-23-13-18/h3-5,9,11-13,19-20,24-25H,2,6-8,10,14-15H2,1H3. The number of hydrogen-bond acceptors (Lipinski definition) is 6. The summed E-state index contributed by atoms with van der Waals surface area (Å²) >= 11 is 0. The molecule has 2 heterocycles. The highest BCUT2D eigenvalue weighted by Crippen LogP contribution is 2.28. The van der Waals surface area contributed by atoms with Crippen LogP contribution >= 0.6 is 0 Å². The molecule has 0 aliphatic carbocycles. The number of nitrogens with one attached hydrogen (secondary N) is 1. The van der Waals surface area contributed by atoms with Gasteiger partial charge in [-0.1, -0.05) is 18.2 Å². The second kappa shape index (κ2) is 10.2. The third-order valence-corrected chi connectivity index (χ3v) is 4.86. The number of aryl methyl sites for hydroxylation is 2. The van der Waals surface area contributed by atoms with Crippen LogP contribution in [0.25, 0.3) is 0 Å². The van der Waals surface area contributed by atoms with Crippen molar-refractivity contribution in [1.82, 2.24) is 10.3 Å². The van der Waals surface area contributed by atoms with Crippen molar-refractivity contribution in [1.29, 1.82) is 0 Å². The minimum absolute atomic E-state index is 0.0824. The molecule has 1 aromatic heterocycles. The fourth-order valence-corrected chi connectivity index (χ4v) is 3.35. The highest BCUT2D eigenvalue weighted by Gasteiger charge is 2.20. The van der Waals surface area contributed by atoms with Crippen LogP contribution in [0.1, 0.15) is 42.6 Å². The average Bonchev–Trinajstić information content (AvgIpc) is 2.73. The van der Waals surface area contributed by atoms with Gasteiger partial charge in [-0.2, -0.15) is 0 Å². The van der Waals surface area contributed by atoms with Crippen LogP contribution in [0.2, 0.25) is 0 Å². The van der Waals surface area contributed by atoms with Gasteiger partial charge in [0.15, 0.2) is 0 Å². The van der Waals surface area contributed by atoms with Crippen LogP contribution in [0.5, 0.6) is 5.75 Å². The number of ether oxygens (including phenoxy) is 2. The number of carbonyl (C=O) groups excluding carboxylic acids is 1. The molecule has 6 heteroatoms. The second-order valence-electron chi connectivity index (χ2n) is 6.99. The Morgan fingerprint density at radius 3 is 3.11 bits per heavy atom. The van der Waals surface area contributed by atoms with Crippen molar-refractivity contribution >= 4 is 5.97 Å². The summed E-state index contributed by atoms with van der Waals surface area (Å²) in [5.74, 6) is 0.752. The lowest BCUT2D eigenvalue weighted by Crippen LogP contribution is -2.36. The van der Waals surface area contributed by atoms with E-state index in [-0.39, 0.29) is 12.1 Å². The second-order valence-corrected chi connectivity index (χ2v) is 6.99. The van der Waals surface area contributed by atoms with Gasteiger partial charge < -0.3 is 19.9 Å². The van der Waals surface area contributed by atoms with Gasteiger partial charge in [0, 0.05) is 37.5 Å². The third-order valence-electron chi connectivity index (χ3n) is 4.86. The summed E-state index contributed by atoms with van der Waals surface area (Å²) in [5.41, 5.74) is 3.12. The van der Waals surface area contributed by atoms with Crippen molar-refractivity contribution in [3.8, 4) is 5.75 Å². The van der Waals surface area contributed by atoms with E-state index in [1.54, 1.807) is 12.4 Å². The number of aromatic nitrogens is 1. The summed E-state index contributed by atoms with van der Waals surface area (Å²) in [4.78, 5) is 15.5. The third kappa shape index (κ3) is 5.78. The predicted octanol–water partition coefficient (Wildman–Crippen LogP) is 2.59. The summed E-state index contributed by atoms with van der Waals surface area (Å²) in [7, 11) is 0. The molecule has 28 heavy (non-hydrogen) atoms. The summed E-state index contributed by atoms with van der Waals surface area (Å²) in [6.45, 7) is 3.39. The van der Waals surface area contributed by atoms with Crippen molar-refractivity contribution in [3.63, 3.8) is 0 Å². The van der Waals surface area contributed by atoms with E-state index < -0.39 is 6.10 Å². The Kier molecular flexibility index (Phi) is 7.39. The molecule has 0 saturated carbocycles. The smallest absolute Gasteiger partial charge is 0.306 e. The van der Waals surface area contributed by atoms with Gasteiger partial charge in [-0.3, -0.25) is 9.78 Å². The van der Waals surface area contributed by atoms with E-state index in [4.69, 9.17) is 9.47 Å². The summed E-state index contributed by atoms with van der Waals surface area (Å²) in [6.07, 6.45) is 5.83. The molecule has 2 atom stereocenters. The first-order valence-electron chi connectivity index (χ1n) is 9.88. The van der Waals surface area contributed by atoms with Crippen LogP contribution in [0.4, 0.5) is 0 Å². The van der Waals surface area contributed by atoms with E-state index in [9.17, 15) is 9.90 Å². The maximum absolute atomic E-state index is 11.5. The van der Waals surface area contributed by atoms with Crippen LogP contribution in [0.3, 0.4) is 0 Å². The molecule has 1 aromatic carbocycles. The predicted molar refractivity (Wildman–Crippen MR) is 106 cm³/mol. The number of aliphatic hydroxyl groups is 1. The van der Waals surface area contributed by atoms with Gasteiger partial charge in [-0.15, -0.1) is 0 Å². The summed E-state index contributed by atoms with van der Waals surface area (Å²) in [5, 5.41) is 13.5. The van der Waals surface area contributed by atoms with Crippen LogP contribution in [0, 0.1) is 0 Å². The molecule has 0 bridgehead atoms. The van der Waals surface area contributed by atoms with Crippen molar-refractivity contribution in [2.75, 3.05) is 19.7 Å². The molecule has 0 radical (unpaired) electrons. The van der Waals surface area contributed by atoms with E-state index in [2.05, 4.69) is 16.4 Å². The fraction of sp³-hybridized carbons (Fsp3) is 0.455. The van der Waals surface area contributed by atoms with Crippen LogP contribution in [-0.4, -0.2) is 41.9 Å². The lowest BCUT2D eigenvalue weighted by Gasteiger charge is -2.27. The quantitative estimate of drug-likeness (QED) is 0.647. The Hall–Kier alpha value is -2.44. The summed E-state index contributed by atoms with van der Waals surface area (Å²) < 4.78 is 11.1. The number of aliphatic hydroxyl groups excluding tert-OH is 1. The molecule has 3 rings (SSSR count). The highest BCUT2D eigenvalue weighted by molar-refractivity contribution is 5.69. The van der Waals surface area contributed by atoms with Crippen molar-refractivity contribution < 1.29 is 19.4 Å². The first kappa shape index (κ1) is 20.3. The maximum atomic E-state index is 11.5. The maximum Gasteiger partial charge on any atom is 0.306 e. The fourth-order valence-electron chi connectivity index (χ4n) is 3.35. The zero-order valence-corrected chi connectivity index (χ0v) is 16.3. The molecule has 0 saturated heterocycles. The number of esters is 1. The number of carbonyl (C=O) groups is 1. The molecule has 2 N–H and O–H groups in total. The average molecular weight is 384 g/mol. The van der Waals surface area contributed by atoms with E-state index >= 15 is 0 Å². The molecular weight excluding hydrogens is 356 g/mol. The first-order chi connectivity index (χ1) is 13.7. The monoisotopic (exact) mass is 384 g/mol. The Balaban J connectivity index is 1.45. The largest absolute Gasteiger partial charge is 0.489 e. The van der Waals surface area contributed by atoms with Gasteiger partial charge in [0.05, 0.1) is 12.7 Å². The SMILES string of the molecule is CCOC(=O)CCc1ccc2c(c1)CCC(CNCC(O)c1cccnc1)O2. The molecule has 150 valence electrons. The van der Waals surface area contributed by atoms with E-state index in [0.29, 0.717) is 32.5 Å². The van der Waals surface area contributed by atoms with E-state index in [1.807, 2.05) is 31.2 Å². The molecule has 0 fully saturated rings. The van der Waals surface area contributed by atoms with Gasteiger partial charge in [0.2, 0.25) is 0 Å². The molecule has 6 nitrogen and oxygen atoms in total. The number of benzene rings is 1. The Labute approximate surface area is 165 Å². The zero-order valence-electron chi connectivity index (χ0n) is 16.3. The molecular formula is C22H28N2O4. The normalized spacial score (nSPS) is 16.7. The summed E-state index contributed by atoms with van der Waals surface area (Å²) in [6, 6.07) is 9.82. The first-order valence-corrected chi connectivity index (χ1v) is 9.88. The number of fused-ring (bicyclic) bond motifs is 1. The Morgan fingerprint density at radius 1 is 1.43 bits per heavy atom. The number of pyridine rings is 1. The number of hydrogen-bond donors (Lipinski definition) is 2.